The van der Waals surface area contributed by atoms with Crippen LogP contribution in [0.3, 0.4) is 0 Å². The third kappa shape index (κ3) is 5.44. The standard InChI is InChI=1S/C4H7O4.Ac/c5-1-3(7)4(8)2-6;/h3-5,7-8H,1H2;/q-1;/t3-,4+;/m1./s1. The molecule has 0 rings (SSSR count). The van der Waals surface area contributed by atoms with Crippen molar-refractivity contribution in [2.75, 3.05) is 6.61 Å². The van der Waals surface area contributed by atoms with Gasteiger partial charge in [0.2, 0.25) is 0 Å². The Balaban J connectivity index is 0. The summed E-state index contributed by atoms with van der Waals surface area (Å²) in [4.78, 5) is 9.46. The number of hydrogen-bond acceptors (Lipinski definition) is 4. The van der Waals surface area contributed by atoms with E-state index >= 15 is 0 Å². The molecular formula is C4H7AcO4-. The molecule has 9 heavy (non-hydrogen) atoms. The van der Waals surface area contributed by atoms with E-state index in [-0.39, 0.29) is 44.1 Å². The van der Waals surface area contributed by atoms with Gasteiger partial charge in [0.1, 0.15) is 0 Å². The van der Waals surface area contributed by atoms with E-state index < -0.39 is 18.8 Å². The summed E-state index contributed by atoms with van der Waals surface area (Å²) in [5, 5.41) is 24.7. The van der Waals surface area contributed by atoms with Crippen LogP contribution in [0, 0.1) is 44.1 Å². The fourth-order valence-corrected chi connectivity index (χ4v) is 0.178. The van der Waals surface area contributed by atoms with Gasteiger partial charge in [0, 0.05) is 44.1 Å². The van der Waals surface area contributed by atoms with Gasteiger partial charge in [0.05, 0.1) is 12.7 Å². The van der Waals surface area contributed by atoms with Crippen molar-refractivity contribution in [3.8, 4) is 0 Å². The van der Waals surface area contributed by atoms with Crippen LogP contribution < -0.4 is 0 Å². The number of aliphatic hydroxyl groups excluding tert-OH is 3. The van der Waals surface area contributed by atoms with Gasteiger partial charge < -0.3 is 20.1 Å². The predicted octanol–water partition coefficient (Wildman–Crippen LogP) is -2.19. The molecule has 4 nitrogen and oxygen atoms in total. The van der Waals surface area contributed by atoms with Crippen molar-refractivity contribution >= 4 is 6.29 Å². The summed E-state index contributed by atoms with van der Waals surface area (Å²) in [7, 11) is 0. The fourth-order valence-electron chi connectivity index (χ4n) is 0.178. The largest absolute Gasteiger partial charge is 0.539 e. The van der Waals surface area contributed by atoms with Gasteiger partial charge in [-0.15, -0.1) is 0 Å². The zero-order chi connectivity index (χ0) is 6.57. The van der Waals surface area contributed by atoms with Crippen LogP contribution in [0.5, 0.6) is 0 Å². The van der Waals surface area contributed by atoms with Gasteiger partial charge in [-0.3, -0.25) is 0 Å². The first-order valence-electron chi connectivity index (χ1n) is 2.07. The minimum atomic E-state index is -1.58. The smallest absolute Gasteiger partial charge is 0.0783 e. The second-order valence-electron chi connectivity index (χ2n) is 1.31. The Morgan fingerprint density at radius 1 is 1.44 bits per heavy atom. The van der Waals surface area contributed by atoms with E-state index in [2.05, 4.69) is 0 Å². The Hall–Kier alpha value is 0.992. The van der Waals surface area contributed by atoms with E-state index in [1.165, 1.54) is 0 Å². The van der Waals surface area contributed by atoms with Gasteiger partial charge in [-0.2, -0.15) is 0 Å². The summed E-state index contributed by atoms with van der Waals surface area (Å²) < 4.78 is 0. The van der Waals surface area contributed by atoms with Crippen molar-refractivity contribution in [1.82, 2.24) is 0 Å². The average molecular weight is 346 g/mol. The fraction of sp³-hybridized carbons (Fsp3) is 0.750. The molecule has 0 fully saturated rings. The SMILES string of the molecule is O=[C-][C@H](O)[C@H](O)CO.[Ac]. The molecule has 0 saturated heterocycles. The Morgan fingerprint density at radius 3 is 2.00 bits per heavy atom. The zero-order valence-corrected chi connectivity index (χ0v) is 9.43. The molecule has 0 heterocycles. The Kier molecular flexibility index (Phi) is 9.98. The van der Waals surface area contributed by atoms with Crippen LogP contribution in [0.2, 0.25) is 0 Å². The van der Waals surface area contributed by atoms with Crippen LogP contribution in [0.4, 0.5) is 0 Å². The number of carbonyl (C=O) groups excluding carboxylic acids is 1. The molecule has 0 aliphatic rings. The zero-order valence-electron chi connectivity index (χ0n) is 4.69. The van der Waals surface area contributed by atoms with E-state index in [1.54, 1.807) is 0 Å². The van der Waals surface area contributed by atoms with Gasteiger partial charge in [-0.1, -0.05) is 0 Å². The maximum absolute atomic E-state index is 9.46. The molecule has 0 aromatic rings. The Labute approximate surface area is 88.4 Å². The minimum absolute atomic E-state index is 0. The van der Waals surface area contributed by atoms with E-state index in [9.17, 15) is 4.79 Å². The third-order valence-corrected chi connectivity index (χ3v) is 0.672. The molecule has 0 aliphatic heterocycles. The molecule has 1 radical (unpaired) electrons. The second-order valence-corrected chi connectivity index (χ2v) is 1.31. The van der Waals surface area contributed by atoms with Crippen LogP contribution in [0.15, 0.2) is 0 Å². The van der Waals surface area contributed by atoms with E-state index in [0.717, 1.165) is 6.29 Å². The quantitative estimate of drug-likeness (QED) is 0.508. The van der Waals surface area contributed by atoms with Crippen LogP contribution in [-0.4, -0.2) is 40.4 Å². The van der Waals surface area contributed by atoms with Gasteiger partial charge in [0.15, 0.2) is 0 Å². The number of hydrogen-bond donors (Lipinski definition) is 3. The third-order valence-electron chi connectivity index (χ3n) is 0.672. The molecule has 3 N–H and O–H groups in total. The van der Waals surface area contributed by atoms with E-state index in [0.29, 0.717) is 0 Å². The second kappa shape index (κ2) is 7.10. The molecule has 5 heteroatoms. The molecule has 0 saturated carbocycles. The topological polar surface area (TPSA) is 77.8 Å². The van der Waals surface area contributed by atoms with Gasteiger partial charge in [-0.05, 0) is 6.10 Å². The van der Waals surface area contributed by atoms with Crippen LogP contribution in [0.25, 0.3) is 0 Å². The minimum Gasteiger partial charge on any atom is -0.539 e. The number of aliphatic hydroxyl groups is 3. The maximum atomic E-state index is 9.46. The van der Waals surface area contributed by atoms with Crippen molar-refractivity contribution in [2.24, 2.45) is 0 Å². The summed E-state index contributed by atoms with van der Waals surface area (Å²) in [6.45, 7) is -0.629. The van der Waals surface area contributed by atoms with Crippen molar-refractivity contribution in [3.05, 3.63) is 0 Å². The molecule has 51 valence electrons. The molecule has 0 aromatic carbocycles. The Bertz CT molecular complexity index is 77.0. The first-order valence-corrected chi connectivity index (χ1v) is 2.07. The Morgan fingerprint density at radius 2 is 1.89 bits per heavy atom. The molecule has 0 aromatic heterocycles. The molecular weight excluding hydrogens is 339 g/mol. The van der Waals surface area contributed by atoms with Crippen molar-refractivity contribution in [3.63, 3.8) is 0 Å². The summed E-state index contributed by atoms with van der Waals surface area (Å²) >= 11 is 0. The summed E-state index contributed by atoms with van der Waals surface area (Å²) in [5.41, 5.74) is 0. The summed E-state index contributed by atoms with van der Waals surface area (Å²) in [6.07, 6.45) is -1.87. The van der Waals surface area contributed by atoms with Gasteiger partial charge in [0.25, 0.3) is 0 Å². The van der Waals surface area contributed by atoms with Gasteiger partial charge in [-0.25, -0.2) is 6.29 Å². The van der Waals surface area contributed by atoms with Crippen molar-refractivity contribution < 1.29 is 64.2 Å². The van der Waals surface area contributed by atoms with Crippen molar-refractivity contribution in [1.29, 1.82) is 0 Å². The first kappa shape index (κ1) is 12.6. The van der Waals surface area contributed by atoms with Gasteiger partial charge >= 0.3 is 0 Å². The molecule has 0 aliphatic carbocycles. The van der Waals surface area contributed by atoms with Crippen LogP contribution >= 0.6 is 0 Å². The molecule has 0 amide bonds. The molecule has 0 bridgehead atoms. The van der Waals surface area contributed by atoms with Crippen LogP contribution in [-0.2, 0) is 4.79 Å². The van der Waals surface area contributed by atoms with E-state index in [1.807, 2.05) is 0 Å². The summed E-state index contributed by atoms with van der Waals surface area (Å²) in [6, 6.07) is 0. The maximum Gasteiger partial charge on any atom is 0.0783 e. The molecule has 2 atom stereocenters. The van der Waals surface area contributed by atoms with Crippen molar-refractivity contribution in [2.45, 2.75) is 12.2 Å². The average Bonchev–Trinajstić information content (AvgIpc) is 1.84. The first-order chi connectivity index (χ1) is 3.72. The molecule has 0 spiro atoms. The predicted molar refractivity (Wildman–Crippen MR) is 24.8 cm³/mol. The normalized spacial score (nSPS) is 15.4. The summed E-state index contributed by atoms with van der Waals surface area (Å²) in [5.74, 6) is 0. The number of rotatable bonds is 3. The molecule has 0 unspecified atom stereocenters. The van der Waals surface area contributed by atoms with Crippen LogP contribution in [0.1, 0.15) is 0 Å². The monoisotopic (exact) mass is 346 g/mol. The van der Waals surface area contributed by atoms with E-state index in [4.69, 9.17) is 15.3 Å².